The van der Waals surface area contributed by atoms with Gasteiger partial charge in [-0.1, -0.05) is 23.9 Å². The number of aryl methyl sites for hydroxylation is 2. The van der Waals surface area contributed by atoms with Crippen LogP contribution in [0.15, 0.2) is 34.2 Å². The third-order valence-corrected chi connectivity index (χ3v) is 6.82. The van der Waals surface area contributed by atoms with Crippen LogP contribution in [0.25, 0.3) is 10.9 Å². The smallest absolute Gasteiger partial charge is 0.262 e. The van der Waals surface area contributed by atoms with Gasteiger partial charge in [0.15, 0.2) is 5.16 Å². The number of thioether (sulfide) groups is 1. The maximum atomic E-state index is 13.3. The van der Waals surface area contributed by atoms with E-state index >= 15 is 0 Å². The van der Waals surface area contributed by atoms with E-state index in [1.165, 1.54) is 11.8 Å². The van der Waals surface area contributed by atoms with E-state index in [-0.39, 0.29) is 17.2 Å². The molecule has 2 heterocycles. The zero-order valence-electron chi connectivity index (χ0n) is 20.5. The van der Waals surface area contributed by atoms with Crippen molar-refractivity contribution in [3.8, 4) is 0 Å². The highest BCUT2D eigenvalue weighted by atomic mass is 32.2. The number of hydrogen-bond acceptors (Lipinski definition) is 6. The Bertz CT molecular complexity index is 1190. The summed E-state index contributed by atoms with van der Waals surface area (Å²) in [7, 11) is 1.85. The molecule has 3 rings (SSSR count). The highest BCUT2D eigenvalue weighted by molar-refractivity contribution is 7.99. The quantitative estimate of drug-likeness (QED) is 0.380. The molecule has 2 aromatic heterocycles. The lowest BCUT2D eigenvalue weighted by atomic mass is 10.2. The first kappa shape index (κ1) is 25.0. The number of carbonyl (C=O) groups is 1. The van der Waals surface area contributed by atoms with Crippen molar-refractivity contribution in [3.05, 3.63) is 46.0 Å². The molecule has 33 heavy (non-hydrogen) atoms. The fourth-order valence-corrected chi connectivity index (χ4v) is 4.87. The molecule has 1 amide bonds. The third kappa shape index (κ3) is 5.65. The molecule has 1 N–H and O–H groups in total. The van der Waals surface area contributed by atoms with Crippen molar-refractivity contribution in [1.29, 1.82) is 0 Å². The minimum Gasteiger partial charge on any atom is -0.322 e. The molecule has 0 saturated carbocycles. The Morgan fingerprint density at radius 2 is 1.82 bits per heavy atom. The van der Waals surface area contributed by atoms with Crippen LogP contribution in [0.2, 0.25) is 0 Å². The first-order valence-corrected chi connectivity index (χ1v) is 12.3. The molecule has 0 radical (unpaired) electrons. The van der Waals surface area contributed by atoms with Crippen molar-refractivity contribution in [2.75, 3.05) is 17.6 Å². The minimum absolute atomic E-state index is 0.0741. The molecular weight excluding hydrogens is 436 g/mol. The average Bonchev–Trinajstić information content (AvgIpc) is 2.99. The Kier molecular flexibility index (Phi) is 7.97. The molecule has 0 aliphatic rings. The number of aromatic nitrogens is 4. The number of nitrogens with one attached hydrogen (secondary N) is 1. The molecule has 0 aliphatic carbocycles. The summed E-state index contributed by atoms with van der Waals surface area (Å²) in [4.78, 5) is 33.1. The molecule has 0 spiro atoms. The van der Waals surface area contributed by atoms with Gasteiger partial charge in [-0.3, -0.25) is 23.7 Å². The molecule has 0 bridgehead atoms. The molecule has 0 atom stereocenters. The molecule has 178 valence electrons. The summed E-state index contributed by atoms with van der Waals surface area (Å²) >= 11 is 1.28. The van der Waals surface area contributed by atoms with E-state index in [0.717, 1.165) is 23.6 Å². The van der Waals surface area contributed by atoms with E-state index in [0.29, 0.717) is 34.7 Å². The summed E-state index contributed by atoms with van der Waals surface area (Å²) in [5.41, 5.74) is 2.97. The van der Waals surface area contributed by atoms with Crippen molar-refractivity contribution < 1.29 is 4.79 Å². The molecular formula is C24H34N6O2S. The summed E-state index contributed by atoms with van der Waals surface area (Å²) in [6.45, 7) is 13.6. The Labute approximate surface area is 199 Å². The van der Waals surface area contributed by atoms with Gasteiger partial charge in [0.2, 0.25) is 5.91 Å². The van der Waals surface area contributed by atoms with Crippen LogP contribution >= 0.6 is 11.8 Å². The van der Waals surface area contributed by atoms with E-state index in [2.05, 4.69) is 43.0 Å². The van der Waals surface area contributed by atoms with Gasteiger partial charge in [0.05, 0.1) is 33.7 Å². The SMILES string of the molecule is Cc1nn(C)c(C)c1NC(=O)CSc1nc2ccccc2c(=O)n1CCN(C(C)C)C(C)C. The number of nitrogens with zero attached hydrogens (tertiary/aromatic N) is 5. The van der Waals surface area contributed by atoms with Crippen molar-refractivity contribution in [2.45, 2.75) is 65.3 Å². The van der Waals surface area contributed by atoms with Crippen molar-refractivity contribution in [3.63, 3.8) is 0 Å². The highest BCUT2D eigenvalue weighted by Gasteiger charge is 2.18. The summed E-state index contributed by atoms with van der Waals surface area (Å²) in [6, 6.07) is 8.08. The summed E-state index contributed by atoms with van der Waals surface area (Å²) in [6.07, 6.45) is 0. The molecule has 3 aromatic rings. The van der Waals surface area contributed by atoms with Gasteiger partial charge in [0, 0.05) is 32.2 Å². The number of fused-ring (bicyclic) bond motifs is 1. The van der Waals surface area contributed by atoms with Crippen LogP contribution in [0.1, 0.15) is 39.1 Å². The average molecular weight is 471 g/mol. The first-order valence-electron chi connectivity index (χ1n) is 11.3. The molecule has 1 aromatic carbocycles. The molecule has 0 unspecified atom stereocenters. The summed E-state index contributed by atoms with van der Waals surface area (Å²) < 4.78 is 3.45. The third-order valence-electron chi connectivity index (χ3n) is 5.84. The monoisotopic (exact) mass is 470 g/mol. The Morgan fingerprint density at radius 3 is 2.42 bits per heavy atom. The number of carbonyl (C=O) groups excluding carboxylic acids is 1. The van der Waals surface area contributed by atoms with Gasteiger partial charge >= 0.3 is 0 Å². The topological polar surface area (TPSA) is 85.0 Å². The van der Waals surface area contributed by atoms with Gasteiger partial charge < -0.3 is 5.32 Å². The van der Waals surface area contributed by atoms with E-state index in [4.69, 9.17) is 4.98 Å². The Balaban J connectivity index is 1.85. The maximum absolute atomic E-state index is 13.3. The van der Waals surface area contributed by atoms with Crippen molar-refractivity contribution in [2.24, 2.45) is 7.05 Å². The van der Waals surface area contributed by atoms with Gasteiger partial charge in [-0.05, 0) is 53.7 Å². The van der Waals surface area contributed by atoms with Crippen molar-refractivity contribution >= 4 is 34.3 Å². The zero-order chi connectivity index (χ0) is 24.3. The van der Waals surface area contributed by atoms with Crippen LogP contribution in [-0.4, -0.2) is 54.5 Å². The predicted molar refractivity (Wildman–Crippen MR) is 135 cm³/mol. The van der Waals surface area contributed by atoms with Crippen LogP contribution in [0, 0.1) is 13.8 Å². The molecule has 0 fully saturated rings. The van der Waals surface area contributed by atoms with Gasteiger partial charge in [-0.2, -0.15) is 5.10 Å². The summed E-state index contributed by atoms with van der Waals surface area (Å²) in [5.74, 6) is -0.00414. The van der Waals surface area contributed by atoms with E-state index in [9.17, 15) is 9.59 Å². The van der Waals surface area contributed by atoms with E-state index < -0.39 is 0 Å². The Morgan fingerprint density at radius 1 is 1.15 bits per heavy atom. The number of hydrogen-bond donors (Lipinski definition) is 1. The van der Waals surface area contributed by atoms with Gasteiger partial charge in [0.25, 0.3) is 5.56 Å². The number of para-hydroxylation sites is 1. The van der Waals surface area contributed by atoms with E-state index in [1.54, 1.807) is 15.3 Å². The number of benzene rings is 1. The fraction of sp³-hybridized carbons (Fsp3) is 0.500. The molecule has 9 heteroatoms. The normalized spacial score (nSPS) is 11.8. The second kappa shape index (κ2) is 10.5. The maximum Gasteiger partial charge on any atom is 0.262 e. The van der Waals surface area contributed by atoms with Gasteiger partial charge in [0.1, 0.15) is 0 Å². The van der Waals surface area contributed by atoms with Gasteiger partial charge in [-0.15, -0.1) is 0 Å². The highest BCUT2D eigenvalue weighted by Crippen LogP contribution is 2.21. The zero-order valence-corrected chi connectivity index (χ0v) is 21.4. The first-order chi connectivity index (χ1) is 15.6. The molecule has 0 aliphatic heterocycles. The fourth-order valence-electron chi connectivity index (χ4n) is 4.04. The Hall–Kier alpha value is -2.65. The van der Waals surface area contributed by atoms with Gasteiger partial charge in [-0.25, -0.2) is 4.98 Å². The second-order valence-electron chi connectivity index (χ2n) is 8.80. The lowest BCUT2D eigenvalue weighted by molar-refractivity contribution is -0.113. The van der Waals surface area contributed by atoms with Crippen LogP contribution in [0.4, 0.5) is 5.69 Å². The van der Waals surface area contributed by atoms with Crippen LogP contribution in [-0.2, 0) is 18.4 Å². The van der Waals surface area contributed by atoms with Crippen LogP contribution in [0.3, 0.4) is 0 Å². The van der Waals surface area contributed by atoms with Crippen LogP contribution in [0.5, 0.6) is 0 Å². The number of rotatable bonds is 9. The number of anilines is 1. The minimum atomic E-state index is -0.154. The standard InChI is InChI=1S/C24H34N6O2S/c1-15(2)29(16(3)4)12-13-30-23(32)19-10-8-9-11-20(19)25-24(30)33-14-21(31)26-22-17(5)27-28(7)18(22)6/h8-11,15-16H,12-14H2,1-7H3,(H,26,31). The molecule has 8 nitrogen and oxygen atoms in total. The van der Waals surface area contributed by atoms with E-state index in [1.807, 2.05) is 39.1 Å². The molecule has 0 saturated heterocycles. The lowest BCUT2D eigenvalue weighted by Gasteiger charge is -2.30. The predicted octanol–water partition coefficient (Wildman–Crippen LogP) is 3.60. The lowest BCUT2D eigenvalue weighted by Crippen LogP contribution is -2.40. The van der Waals surface area contributed by atoms with Crippen LogP contribution < -0.4 is 10.9 Å². The van der Waals surface area contributed by atoms with Crippen molar-refractivity contribution in [1.82, 2.24) is 24.2 Å². The number of amides is 1. The largest absolute Gasteiger partial charge is 0.322 e. The summed E-state index contributed by atoms with van der Waals surface area (Å²) in [5, 5.41) is 8.45. The second-order valence-corrected chi connectivity index (χ2v) is 9.74.